The Kier molecular flexibility index (Phi) is 7.16. The molecule has 0 saturated carbocycles. The molecule has 1 aromatic carbocycles. The van der Waals surface area contributed by atoms with Crippen molar-refractivity contribution in [2.45, 2.75) is 44.0 Å². The maximum absolute atomic E-state index is 12.2. The lowest BCUT2D eigenvalue weighted by atomic mass is 10.0. The summed E-state index contributed by atoms with van der Waals surface area (Å²) in [6, 6.07) is 10.2. The van der Waals surface area contributed by atoms with Gasteiger partial charge in [0.15, 0.2) is 11.5 Å². The molecule has 0 saturated heterocycles. The van der Waals surface area contributed by atoms with Crippen LogP contribution in [0.4, 0.5) is 0 Å². The summed E-state index contributed by atoms with van der Waals surface area (Å²) < 4.78 is 5.79. The number of carbonyl (C=O) groups excluding carboxylic acids is 1. The van der Waals surface area contributed by atoms with E-state index in [0.717, 1.165) is 32.2 Å². The van der Waals surface area contributed by atoms with Crippen molar-refractivity contribution >= 4 is 62.4 Å². The Balaban J connectivity index is 1.37. The molecule has 2 aromatic rings. The van der Waals surface area contributed by atoms with Crippen molar-refractivity contribution in [1.29, 1.82) is 0 Å². The predicted molar refractivity (Wildman–Crippen MR) is 155 cm³/mol. The van der Waals surface area contributed by atoms with Gasteiger partial charge in [-0.15, -0.1) is 35.3 Å². The van der Waals surface area contributed by atoms with Gasteiger partial charge in [-0.3, -0.25) is 19.8 Å². The van der Waals surface area contributed by atoms with Crippen molar-refractivity contribution in [3.8, 4) is 0 Å². The summed E-state index contributed by atoms with van der Waals surface area (Å²) in [7, 11) is 1.52. The molecule has 194 valence electrons. The zero-order chi connectivity index (χ0) is 26.3. The second-order valence-corrected chi connectivity index (χ2v) is 12.7. The Morgan fingerprint density at radius 2 is 1.59 bits per heavy atom. The number of hydrogen-bond donors (Lipinski definition) is 2. The van der Waals surface area contributed by atoms with E-state index in [2.05, 4.69) is 48.4 Å². The van der Waals surface area contributed by atoms with E-state index in [1.807, 2.05) is 25.1 Å². The standard InChI is InChI=1S/C26H29N5O3S3/c1-24(21-28-19(20(33)27-4)17(12-32)34-21)13-36-23(30-24)26(3)15-37-22(31-26)25(2)14-35-18(29-25)11-10-16-8-6-5-7-9-16/h5-11,32H,12-15H2,1-4H3,(H,27,33)/b11-10+/t24-,25-,26-/m0/s1. The number of thioether (sulfide) groups is 3. The van der Waals surface area contributed by atoms with Crippen LogP contribution in [0.2, 0.25) is 0 Å². The van der Waals surface area contributed by atoms with Gasteiger partial charge < -0.3 is 14.8 Å². The predicted octanol–water partition coefficient (Wildman–Crippen LogP) is 4.41. The van der Waals surface area contributed by atoms with Gasteiger partial charge in [0.05, 0.1) is 15.1 Å². The van der Waals surface area contributed by atoms with Gasteiger partial charge in [0.2, 0.25) is 5.89 Å². The highest BCUT2D eigenvalue weighted by Gasteiger charge is 2.48. The molecule has 2 N–H and O–H groups in total. The second kappa shape index (κ2) is 10.1. The van der Waals surface area contributed by atoms with Gasteiger partial charge in [0.25, 0.3) is 5.91 Å². The van der Waals surface area contributed by atoms with Crippen molar-refractivity contribution in [3.05, 3.63) is 59.3 Å². The summed E-state index contributed by atoms with van der Waals surface area (Å²) in [5.41, 5.74) is -0.331. The molecule has 37 heavy (non-hydrogen) atoms. The second-order valence-electron chi connectivity index (χ2n) is 9.74. The van der Waals surface area contributed by atoms with Crippen LogP contribution >= 0.6 is 35.3 Å². The Hall–Kier alpha value is -2.34. The Labute approximate surface area is 229 Å². The highest BCUT2D eigenvalue weighted by atomic mass is 32.2. The van der Waals surface area contributed by atoms with E-state index in [1.165, 1.54) is 7.05 Å². The number of rotatable bonds is 7. The molecule has 5 rings (SSSR count). The zero-order valence-corrected chi connectivity index (χ0v) is 23.6. The van der Waals surface area contributed by atoms with Crippen molar-refractivity contribution < 1.29 is 14.3 Å². The van der Waals surface area contributed by atoms with E-state index in [9.17, 15) is 9.90 Å². The van der Waals surface area contributed by atoms with E-state index in [0.29, 0.717) is 11.6 Å². The van der Waals surface area contributed by atoms with Gasteiger partial charge in [0.1, 0.15) is 23.2 Å². The Bertz CT molecular complexity index is 1340. The number of oxazole rings is 1. The minimum absolute atomic E-state index is 0.0967. The van der Waals surface area contributed by atoms with Crippen LogP contribution in [0.5, 0.6) is 0 Å². The number of amides is 1. The minimum atomic E-state index is -0.747. The number of benzene rings is 1. The largest absolute Gasteiger partial charge is 0.440 e. The van der Waals surface area contributed by atoms with Crippen molar-refractivity contribution in [2.24, 2.45) is 15.0 Å². The Morgan fingerprint density at radius 1 is 0.973 bits per heavy atom. The molecule has 1 aromatic heterocycles. The number of aliphatic hydroxyl groups is 1. The van der Waals surface area contributed by atoms with E-state index < -0.39 is 23.6 Å². The molecule has 0 aliphatic carbocycles. The maximum atomic E-state index is 12.2. The molecule has 4 heterocycles. The lowest BCUT2D eigenvalue weighted by molar-refractivity contribution is 0.0953. The third-order valence-corrected chi connectivity index (χ3v) is 10.7. The fourth-order valence-corrected chi connectivity index (χ4v) is 8.06. The summed E-state index contributed by atoms with van der Waals surface area (Å²) in [6.45, 7) is 5.80. The summed E-state index contributed by atoms with van der Waals surface area (Å²) in [5.74, 6) is 2.33. The normalized spacial score (nSPS) is 29.5. The molecular weight excluding hydrogens is 527 g/mol. The summed E-state index contributed by atoms with van der Waals surface area (Å²) in [4.78, 5) is 31.8. The number of aliphatic hydroxyl groups excluding tert-OH is 1. The first-order chi connectivity index (χ1) is 17.7. The van der Waals surface area contributed by atoms with Crippen molar-refractivity contribution in [3.63, 3.8) is 0 Å². The molecule has 3 atom stereocenters. The van der Waals surface area contributed by atoms with E-state index in [-0.39, 0.29) is 17.0 Å². The molecule has 0 bridgehead atoms. The van der Waals surface area contributed by atoms with Gasteiger partial charge in [-0.1, -0.05) is 36.4 Å². The fraction of sp³-hybridized carbons (Fsp3) is 0.423. The molecule has 3 aliphatic heterocycles. The monoisotopic (exact) mass is 555 g/mol. The van der Waals surface area contributed by atoms with Crippen LogP contribution in [-0.4, -0.2) is 66.5 Å². The molecule has 0 spiro atoms. The van der Waals surface area contributed by atoms with Gasteiger partial charge >= 0.3 is 0 Å². The number of nitrogens with one attached hydrogen (secondary N) is 1. The van der Waals surface area contributed by atoms with Crippen LogP contribution in [0.25, 0.3) is 6.08 Å². The number of aliphatic imine (C=N–C) groups is 3. The molecule has 1 amide bonds. The fourth-order valence-electron chi connectivity index (χ4n) is 4.20. The van der Waals surface area contributed by atoms with Crippen molar-refractivity contribution in [2.75, 3.05) is 24.3 Å². The summed E-state index contributed by atoms with van der Waals surface area (Å²) in [5, 5.41) is 15.1. The van der Waals surface area contributed by atoms with E-state index >= 15 is 0 Å². The van der Waals surface area contributed by atoms with E-state index in [4.69, 9.17) is 19.4 Å². The number of carbonyl (C=O) groups is 1. The van der Waals surface area contributed by atoms with Crippen LogP contribution in [-0.2, 0) is 12.1 Å². The van der Waals surface area contributed by atoms with Gasteiger partial charge in [0, 0.05) is 24.3 Å². The molecule has 11 heteroatoms. The quantitative estimate of drug-likeness (QED) is 0.520. The van der Waals surface area contributed by atoms with Crippen LogP contribution in [0.1, 0.15) is 48.5 Å². The third-order valence-electron chi connectivity index (χ3n) is 6.42. The van der Waals surface area contributed by atoms with E-state index in [1.54, 1.807) is 35.3 Å². The average molecular weight is 556 g/mol. The summed E-state index contributed by atoms with van der Waals surface area (Å²) >= 11 is 5.14. The lowest BCUT2D eigenvalue weighted by Gasteiger charge is -2.21. The number of hydrogen-bond acceptors (Lipinski definition) is 10. The van der Waals surface area contributed by atoms with Gasteiger partial charge in [-0.05, 0) is 32.4 Å². The topological polar surface area (TPSA) is 112 Å². The molecule has 8 nitrogen and oxygen atoms in total. The molecule has 0 fully saturated rings. The molecule has 0 radical (unpaired) electrons. The zero-order valence-electron chi connectivity index (χ0n) is 21.1. The third kappa shape index (κ3) is 5.06. The minimum Gasteiger partial charge on any atom is -0.440 e. The highest BCUT2D eigenvalue weighted by Crippen LogP contribution is 2.46. The number of nitrogens with zero attached hydrogens (tertiary/aromatic N) is 4. The first-order valence-electron chi connectivity index (χ1n) is 11.9. The summed E-state index contributed by atoms with van der Waals surface area (Å²) in [6.07, 6.45) is 4.17. The molecule has 3 aliphatic rings. The van der Waals surface area contributed by atoms with Crippen LogP contribution in [0, 0.1) is 0 Å². The first-order valence-corrected chi connectivity index (χ1v) is 14.9. The lowest BCUT2D eigenvalue weighted by Crippen LogP contribution is -2.33. The first kappa shape index (κ1) is 26.3. The van der Waals surface area contributed by atoms with Gasteiger partial charge in [-0.2, -0.15) is 0 Å². The van der Waals surface area contributed by atoms with Gasteiger partial charge in [-0.25, -0.2) is 4.98 Å². The smallest absolute Gasteiger partial charge is 0.273 e. The van der Waals surface area contributed by atoms with Crippen LogP contribution < -0.4 is 5.32 Å². The van der Waals surface area contributed by atoms with Crippen LogP contribution in [0.15, 0.2) is 55.8 Å². The maximum Gasteiger partial charge on any atom is 0.273 e. The van der Waals surface area contributed by atoms with Crippen molar-refractivity contribution in [1.82, 2.24) is 10.3 Å². The Morgan fingerprint density at radius 3 is 2.27 bits per heavy atom. The highest BCUT2D eigenvalue weighted by molar-refractivity contribution is 8.17. The van der Waals surface area contributed by atoms with Crippen LogP contribution in [0.3, 0.4) is 0 Å². The SMILES string of the molecule is CNC(=O)c1nc([C@]2(C)CSC([C@]3(C)CSC([C@]4(C)CSC(/C=C/c5ccccc5)=N4)=N3)=N2)oc1CO. The molecule has 0 unspecified atom stereocenters. The number of aromatic nitrogens is 1. The molecular formula is C26H29N5O3S3. The average Bonchev–Trinajstić information content (AvgIpc) is 3.69.